The first-order valence-electron chi connectivity index (χ1n) is 8.29. The Morgan fingerprint density at radius 1 is 0.962 bits per heavy atom. The Balaban J connectivity index is 1.79. The molecule has 138 valence electrons. The van der Waals surface area contributed by atoms with Crippen LogP contribution < -0.4 is 10.2 Å². The molecule has 0 saturated carbocycles. The van der Waals surface area contributed by atoms with Gasteiger partial charge in [-0.15, -0.1) is 0 Å². The maximum atomic E-state index is 13.0. The highest BCUT2D eigenvalue weighted by molar-refractivity contribution is 6.35. The van der Waals surface area contributed by atoms with Crippen LogP contribution in [0.15, 0.2) is 42.5 Å². The quantitative estimate of drug-likeness (QED) is 0.779. The van der Waals surface area contributed by atoms with Crippen LogP contribution in [0.3, 0.4) is 0 Å². The molecule has 0 bridgehead atoms. The summed E-state index contributed by atoms with van der Waals surface area (Å²) in [6, 6.07) is 12.8. The summed E-state index contributed by atoms with van der Waals surface area (Å²) in [4.78, 5) is 16.3. The van der Waals surface area contributed by atoms with E-state index in [9.17, 15) is 4.79 Å². The number of rotatable bonds is 3. The second-order valence-electron chi connectivity index (χ2n) is 6.46. The fourth-order valence-electron chi connectivity index (χ4n) is 3.34. The number of likely N-dealkylation sites (N-methyl/N-ethyl adjacent to an activating group) is 1. The minimum atomic E-state index is -0.115. The molecule has 1 N–H and O–H groups in total. The minimum Gasteiger partial charge on any atom is -0.322 e. The van der Waals surface area contributed by atoms with Gasteiger partial charge in [-0.25, -0.2) is 4.79 Å². The van der Waals surface area contributed by atoms with Gasteiger partial charge in [0, 0.05) is 53.9 Å². The lowest BCUT2D eigenvalue weighted by molar-refractivity contribution is 0.197. The van der Waals surface area contributed by atoms with Gasteiger partial charge in [0.15, 0.2) is 0 Å². The Kier molecular flexibility index (Phi) is 5.98. The predicted octanol–water partition coefficient (Wildman–Crippen LogP) is 4.89. The van der Waals surface area contributed by atoms with E-state index in [1.54, 1.807) is 35.0 Å². The normalized spacial score (nSPS) is 19.4. The van der Waals surface area contributed by atoms with Gasteiger partial charge in [0.1, 0.15) is 0 Å². The molecule has 2 amide bonds. The molecule has 0 aromatic heterocycles. The average molecular weight is 413 g/mol. The van der Waals surface area contributed by atoms with Crippen LogP contribution in [0.5, 0.6) is 0 Å². The topological polar surface area (TPSA) is 35.6 Å². The van der Waals surface area contributed by atoms with E-state index in [0.717, 1.165) is 18.7 Å². The molecule has 0 radical (unpaired) electrons. The van der Waals surface area contributed by atoms with Crippen LogP contribution in [0.4, 0.5) is 10.5 Å². The number of carbonyl (C=O) groups excluding carboxylic acids is 1. The number of nitrogens with one attached hydrogen (secondary N) is 1. The van der Waals surface area contributed by atoms with Crippen LogP contribution in [0, 0.1) is 0 Å². The Morgan fingerprint density at radius 2 is 1.58 bits per heavy atom. The third-order valence-electron chi connectivity index (χ3n) is 4.80. The lowest BCUT2D eigenvalue weighted by Gasteiger charge is -2.32. The molecule has 1 aliphatic rings. The monoisotopic (exact) mass is 411 g/mol. The van der Waals surface area contributed by atoms with Crippen molar-refractivity contribution >= 4 is 46.5 Å². The maximum Gasteiger partial charge on any atom is 0.324 e. The summed E-state index contributed by atoms with van der Waals surface area (Å²) in [5.41, 5.74) is 1.82. The van der Waals surface area contributed by atoms with Gasteiger partial charge in [-0.3, -0.25) is 4.90 Å². The van der Waals surface area contributed by atoms with Gasteiger partial charge in [-0.2, -0.15) is 0 Å². The summed E-state index contributed by atoms with van der Waals surface area (Å²) in [6.07, 6.45) is 0. The molecule has 2 unspecified atom stereocenters. The van der Waals surface area contributed by atoms with E-state index >= 15 is 0 Å². The molecular weight excluding hydrogens is 393 g/mol. The third kappa shape index (κ3) is 4.09. The van der Waals surface area contributed by atoms with Crippen LogP contribution in [0.25, 0.3) is 0 Å². The summed E-state index contributed by atoms with van der Waals surface area (Å²) in [5.74, 6) is 0.206. The highest BCUT2D eigenvalue weighted by Gasteiger charge is 2.35. The van der Waals surface area contributed by atoms with E-state index < -0.39 is 0 Å². The summed E-state index contributed by atoms with van der Waals surface area (Å²) < 4.78 is 0. The number of anilines is 1. The fraction of sp³-hybridized carbons (Fsp3) is 0.316. The van der Waals surface area contributed by atoms with Gasteiger partial charge in [-0.1, -0.05) is 46.9 Å². The standard InChI is InChI=1S/C19H20Cl3N3O/c1-24(16-8-14(21)7-15(22)9-16)19(26)25(2)18-11-23-10-17(18)12-3-5-13(20)6-4-12/h3-9,17-18,23H,10-11H2,1-2H3. The molecule has 3 rings (SSSR count). The van der Waals surface area contributed by atoms with E-state index in [1.165, 1.54) is 0 Å². The second kappa shape index (κ2) is 8.05. The van der Waals surface area contributed by atoms with E-state index in [0.29, 0.717) is 20.8 Å². The molecule has 2 aromatic carbocycles. The van der Waals surface area contributed by atoms with Gasteiger partial charge >= 0.3 is 6.03 Å². The number of hydrogen-bond donors (Lipinski definition) is 1. The zero-order valence-corrected chi connectivity index (χ0v) is 16.8. The van der Waals surface area contributed by atoms with E-state index in [-0.39, 0.29) is 18.0 Å². The van der Waals surface area contributed by atoms with Crippen molar-refractivity contribution in [1.29, 1.82) is 0 Å². The van der Waals surface area contributed by atoms with Crippen molar-refractivity contribution in [2.45, 2.75) is 12.0 Å². The molecule has 1 heterocycles. The van der Waals surface area contributed by atoms with Gasteiger partial charge in [-0.05, 0) is 35.9 Å². The summed E-state index contributed by atoms with van der Waals surface area (Å²) in [7, 11) is 3.55. The Labute approximate surface area is 168 Å². The van der Waals surface area contributed by atoms with Crippen molar-refractivity contribution in [3.05, 3.63) is 63.1 Å². The van der Waals surface area contributed by atoms with E-state index in [4.69, 9.17) is 34.8 Å². The molecule has 2 aromatic rings. The molecular formula is C19H20Cl3N3O. The third-order valence-corrected chi connectivity index (χ3v) is 5.49. The number of halogens is 3. The van der Waals surface area contributed by atoms with Gasteiger partial charge in [0.25, 0.3) is 0 Å². The fourth-order valence-corrected chi connectivity index (χ4v) is 3.98. The van der Waals surface area contributed by atoms with Crippen LogP contribution in [-0.4, -0.2) is 44.2 Å². The summed E-state index contributed by atoms with van der Waals surface area (Å²) in [6.45, 7) is 1.55. The van der Waals surface area contributed by atoms with Gasteiger partial charge < -0.3 is 10.2 Å². The number of urea groups is 1. The first kappa shape index (κ1) is 19.3. The first-order chi connectivity index (χ1) is 12.4. The molecule has 2 atom stereocenters. The summed E-state index contributed by atoms with van der Waals surface area (Å²) in [5, 5.41) is 5.08. The second-order valence-corrected chi connectivity index (χ2v) is 7.77. The number of nitrogens with zero attached hydrogens (tertiary/aromatic N) is 2. The van der Waals surface area contributed by atoms with E-state index in [2.05, 4.69) is 5.32 Å². The van der Waals surface area contributed by atoms with Crippen LogP contribution in [0.1, 0.15) is 11.5 Å². The SMILES string of the molecule is CN(C(=O)N(C)C1CNCC1c1ccc(Cl)cc1)c1cc(Cl)cc(Cl)c1. The van der Waals surface area contributed by atoms with Gasteiger partial charge in [0.05, 0.1) is 6.04 Å². The molecule has 1 aliphatic heterocycles. The predicted molar refractivity (Wildman–Crippen MR) is 109 cm³/mol. The average Bonchev–Trinajstić information content (AvgIpc) is 3.09. The number of amides is 2. The Morgan fingerprint density at radius 3 is 2.19 bits per heavy atom. The van der Waals surface area contributed by atoms with E-state index in [1.807, 2.05) is 31.3 Å². The Hall–Kier alpha value is -1.46. The molecule has 26 heavy (non-hydrogen) atoms. The van der Waals surface area contributed by atoms with Crippen molar-refractivity contribution < 1.29 is 4.79 Å². The molecule has 0 aliphatic carbocycles. The summed E-state index contributed by atoms with van der Waals surface area (Å²) >= 11 is 18.1. The maximum absolute atomic E-state index is 13.0. The first-order valence-corrected chi connectivity index (χ1v) is 9.43. The van der Waals surface area contributed by atoms with Crippen LogP contribution in [-0.2, 0) is 0 Å². The van der Waals surface area contributed by atoms with Crippen molar-refractivity contribution in [3.63, 3.8) is 0 Å². The molecule has 7 heteroatoms. The lowest BCUT2D eigenvalue weighted by Crippen LogP contribution is -2.47. The smallest absolute Gasteiger partial charge is 0.322 e. The molecule has 0 spiro atoms. The highest BCUT2D eigenvalue weighted by atomic mass is 35.5. The minimum absolute atomic E-state index is 0.0424. The number of carbonyl (C=O) groups is 1. The largest absolute Gasteiger partial charge is 0.324 e. The Bertz CT molecular complexity index is 777. The van der Waals surface area contributed by atoms with Crippen LogP contribution >= 0.6 is 34.8 Å². The molecule has 4 nitrogen and oxygen atoms in total. The number of hydrogen-bond acceptors (Lipinski definition) is 2. The number of benzene rings is 2. The van der Waals surface area contributed by atoms with Crippen molar-refractivity contribution in [2.75, 3.05) is 32.1 Å². The zero-order valence-electron chi connectivity index (χ0n) is 14.5. The molecule has 1 fully saturated rings. The van der Waals surface area contributed by atoms with Crippen molar-refractivity contribution in [1.82, 2.24) is 10.2 Å². The van der Waals surface area contributed by atoms with Crippen molar-refractivity contribution in [2.24, 2.45) is 0 Å². The highest BCUT2D eigenvalue weighted by Crippen LogP contribution is 2.29. The van der Waals surface area contributed by atoms with Crippen molar-refractivity contribution in [3.8, 4) is 0 Å². The lowest BCUT2D eigenvalue weighted by atomic mass is 9.93. The van der Waals surface area contributed by atoms with Crippen LogP contribution in [0.2, 0.25) is 15.1 Å². The van der Waals surface area contributed by atoms with Gasteiger partial charge in [0.2, 0.25) is 0 Å². The molecule has 1 saturated heterocycles. The zero-order chi connectivity index (χ0) is 18.8.